The molecule has 3 atom stereocenters. The van der Waals surface area contributed by atoms with Crippen LogP contribution in [0, 0.1) is 5.92 Å². The normalized spacial score (nSPS) is 31.9. The highest BCUT2D eigenvalue weighted by atomic mass is 35.5. The number of carboxylic acid groups (broad SMARTS) is 1. The minimum Gasteiger partial charge on any atom is -1.00 e. The van der Waals surface area contributed by atoms with Gasteiger partial charge in [-0.05, 0) is 12.8 Å². The number of aliphatic hydroxyl groups excluding tert-OH is 1. The van der Waals surface area contributed by atoms with Gasteiger partial charge in [0.25, 0.3) is 0 Å². The van der Waals surface area contributed by atoms with Crippen molar-refractivity contribution >= 4 is 5.97 Å². The molecule has 0 saturated heterocycles. The lowest BCUT2D eigenvalue weighted by Crippen LogP contribution is -3.00. The smallest absolute Gasteiger partial charge is 0.309 e. The molecule has 0 amide bonds. The Kier molecular flexibility index (Phi) is 5.03. The van der Waals surface area contributed by atoms with Crippen molar-refractivity contribution in [1.29, 1.82) is 0 Å². The van der Waals surface area contributed by atoms with E-state index in [-0.39, 0.29) is 18.4 Å². The third-order valence-electron chi connectivity index (χ3n) is 3.13. The van der Waals surface area contributed by atoms with Gasteiger partial charge in [0, 0.05) is 6.42 Å². The van der Waals surface area contributed by atoms with Gasteiger partial charge < -0.3 is 27.1 Å². The summed E-state index contributed by atoms with van der Waals surface area (Å²) in [4.78, 5) is 10.9. The van der Waals surface area contributed by atoms with Crippen LogP contribution in [0.4, 0.5) is 0 Å². The molecule has 0 aromatic rings. The fourth-order valence-electron chi connectivity index (χ4n) is 2.27. The van der Waals surface area contributed by atoms with E-state index < -0.39 is 18.0 Å². The van der Waals surface area contributed by atoms with E-state index in [0.29, 0.717) is 10.9 Å². The number of carbonyl (C=O) groups is 1. The molecule has 1 aliphatic rings. The molecule has 0 heterocycles. The van der Waals surface area contributed by atoms with Crippen molar-refractivity contribution in [2.24, 2.45) is 5.92 Å². The summed E-state index contributed by atoms with van der Waals surface area (Å²) in [7, 11) is 5.99. The molecular weight excluding hydrogens is 218 g/mol. The van der Waals surface area contributed by atoms with Crippen molar-refractivity contribution < 1.29 is 31.9 Å². The molecule has 5 heteroatoms. The van der Waals surface area contributed by atoms with Gasteiger partial charge >= 0.3 is 5.97 Å². The molecule has 1 fully saturated rings. The molecule has 4 nitrogen and oxygen atoms in total. The first-order valence-electron chi connectivity index (χ1n) is 5.06. The second-order valence-corrected chi connectivity index (χ2v) is 5.05. The molecular formula is C10H20ClNO3. The van der Waals surface area contributed by atoms with Crippen LogP contribution in [0.3, 0.4) is 0 Å². The van der Waals surface area contributed by atoms with Gasteiger partial charge in [0.2, 0.25) is 0 Å². The van der Waals surface area contributed by atoms with E-state index in [9.17, 15) is 9.90 Å². The first-order valence-corrected chi connectivity index (χ1v) is 5.06. The predicted molar refractivity (Wildman–Crippen MR) is 52.8 cm³/mol. The molecule has 2 N–H and O–H groups in total. The maximum atomic E-state index is 10.9. The number of hydrogen-bond acceptors (Lipinski definition) is 2. The Hall–Kier alpha value is -0.320. The van der Waals surface area contributed by atoms with Gasteiger partial charge in [-0.3, -0.25) is 4.79 Å². The number of rotatable bonds is 2. The SMILES string of the molecule is C[N+](C)(C)[C@@H]1CCC[C@H](C(=O)O)[C@@H]1O.[Cl-]. The van der Waals surface area contributed by atoms with Crippen molar-refractivity contribution in [2.75, 3.05) is 21.1 Å². The number of likely N-dealkylation sites (N-methyl/N-ethyl adjacent to an activating group) is 1. The average molecular weight is 238 g/mol. The zero-order valence-electron chi connectivity index (χ0n) is 9.48. The molecule has 1 saturated carbocycles. The summed E-state index contributed by atoms with van der Waals surface area (Å²) in [5.74, 6) is -1.44. The minimum atomic E-state index is -0.865. The quantitative estimate of drug-likeness (QED) is 0.515. The number of carboxylic acids is 1. The van der Waals surface area contributed by atoms with E-state index in [1.54, 1.807) is 0 Å². The highest BCUT2D eigenvalue weighted by Crippen LogP contribution is 2.29. The molecule has 1 rings (SSSR count). The van der Waals surface area contributed by atoms with Crippen molar-refractivity contribution in [3.63, 3.8) is 0 Å². The second kappa shape index (κ2) is 5.14. The highest BCUT2D eigenvalue weighted by molar-refractivity contribution is 5.70. The molecule has 0 aromatic heterocycles. The van der Waals surface area contributed by atoms with Crippen LogP contribution in [-0.4, -0.2) is 54.0 Å². The highest BCUT2D eigenvalue weighted by Gasteiger charge is 2.42. The Bertz CT molecular complexity index is 227. The average Bonchev–Trinajstić information content (AvgIpc) is 2.01. The van der Waals surface area contributed by atoms with E-state index in [1.807, 2.05) is 21.1 Å². The number of aliphatic carboxylic acids is 1. The van der Waals surface area contributed by atoms with Crippen molar-refractivity contribution in [2.45, 2.75) is 31.4 Å². The van der Waals surface area contributed by atoms with Crippen LogP contribution in [0.15, 0.2) is 0 Å². The summed E-state index contributed by atoms with van der Waals surface area (Å²) in [6, 6.07) is 0.0462. The van der Waals surface area contributed by atoms with Crippen molar-refractivity contribution in [3.05, 3.63) is 0 Å². The second-order valence-electron chi connectivity index (χ2n) is 5.05. The molecule has 0 aliphatic heterocycles. The van der Waals surface area contributed by atoms with E-state index >= 15 is 0 Å². The van der Waals surface area contributed by atoms with Crippen LogP contribution in [0.5, 0.6) is 0 Å². The van der Waals surface area contributed by atoms with Gasteiger partial charge in [0.05, 0.1) is 27.1 Å². The first-order chi connectivity index (χ1) is 6.34. The maximum Gasteiger partial charge on any atom is 0.309 e. The summed E-state index contributed by atoms with van der Waals surface area (Å²) in [5, 5.41) is 18.9. The van der Waals surface area contributed by atoms with Gasteiger partial charge in [-0.2, -0.15) is 0 Å². The van der Waals surface area contributed by atoms with Crippen molar-refractivity contribution in [3.8, 4) is 0 Å². The maximum absolute atomic E-state index is 10.9. The predicted octanol–water partition coefficient (Wildman–Crippen LogP) is -2.69. The number of halogens is 1. The Morgan fingerprint density at radius 1 is 1.27 bits per heavy atom. The topological polar surface area (TPSA) is 57.5 Å². The summed E-state index contributed by atoms with van der Waals surface area (Å²) in [5.41, 5.74) is 0. The summed E-state index contributed by atoms with van der Waals surface area (Å²) < 4.78 is 0.630. The third kappa shape index (κ3) is 3.33. The number of quaternary nitrogens is 1. The Labute approximate surface area is 96.9 Å². The summed E-state index contributed by atoms with van der Waals surface area (Å²) >= 11 is 0. The lowest BCUT2D eigenvalue weighted by atomic mass is 9.82. The molecule has 0 aromatic carbocycles. The van der Waals surface area contributed by atoms with Crippen LogP contribution in [0.25, 0.3) is 0 Å². The van der Waals surface area contributed by atoms with E-state index in [4.69, 9.17) is 5.11 Å². The number of hydrogen-bond donors (Lipinski definition) is 2. The zero-order chi connectivity index (χ0) is 10.9. The largest absolute Gasteiger partial charge is 1.00 e. The number of nitrogens with zero attached hydrogens (tertiary/aromatic N) is 1. The van der Waals surface area contributed by atoms with Gasteiger partial charge in [0.1, 0.15) is 12.1 Å². The van der Waals surface area contributed by atoms with Gasteiger partial charge in [0.15, 0.2) is 0 Å². The number of aliphatic hydroxyl groups is 1. The van der Waals surface area contributed by atoms with Gasteiger partial charge in [-0.15, -0.1) is 0 Å². The molecule has 0 bridgehead atoms. The van der Waals surface area contributed by atoms with Gasteiger partial charge in [-0.25, -0.2) is 0 Å². The zero-order valence-corrected chi connectivity index (χ0v) is 10.2. The fraction of sp³-hybridized carbons (Fsp3) is 0.900. The third-order valence-corrected chi connectivity index (χ3v) is 3.13. The molecule has 90 valence electrons. The Morgan fingerprint density at radius 2 is 1.80 bits per heavy atom. The van der Waals surface area contributed by atoms with E-state index in [2.05, 4.69) is 0 Å². The van der Waals surface area contributed by atoms with E-state index in [0.717, 1.165) is 12.8 Å². The van der Waals surface area contributed by atoms with Crippen LogP contribution >= 0.6 is 0 Å². The molecule has 15 heavy (non-hydrogen) atoms. The van der Waals surface area contributed by atoms with E-state index in [1.165, 1.54) is 0 Å². The summed E-state index contributed by atoms with van der Waals surface area (Å²) in [6.45, 7) is 0. The first kappa shape index (κ1) is 14.7. The molecule has 0 radical (unpaired) electrons. The van der Waals surface area contributed by atoms with Crippen LogP contribution < -0.4 is 12.4 Å². The standard InChI is InChI=1S/C10H19NO3.ClH/c1-11(2,3)8-6-4-5-7(9(8)12)10(13)14;/h7-9,12H,4-6H2,1-3H3;1H/t7-,8+,9-;/m0./s1. The lowest BCUT2D eigenvalue weighted by molar-refractivity contribution is -0.901. The van der Waals surface area contributed by atoms with Crippen LogP contribution in [0.1, 0.15) is 19.3 Å². The Balaban J connectivity index is 0.00000196. The molecule has 1 aliphatic carbocycles. The fourth-order valence-corrected chi connectivity index (χ4v) is 2.27. The lowest BCUT2D eigenvalue weighted by Gasteiger charge is -2.41. The summed E-state index contributed by atoms with van der Waals surface area (Å²) in [6.07, 6.45) is 1.71. The molecule has 0 spiro atoms. The van der Waals surface area contributed by atoms with Gasteiger partial charge in [-0.1, -0.05) is 0 Å². The Morgan fingerprint density at radius 3 is 2.20 bits per heavy atom. The minimum absolute atomic E-state index is 0. The van der Waals surface area contributed by atoms with Crippen LogP contribution in [-0.2, 0) is 4.79 Å². The monoisotopic (exact) mass is 237 g/mol. The van der Waals surface area contributed by atoms with Crippen molar-refractivity contribution in [1.82, 2.24) is 0 Å². The van der Waals surface area contributed by atoms with Crippen LogP contribution in [0.2, 0.25) is 0 Å². The molecule has 0 unspecified atom stereocenters.